The van der Waals surface area contributed by atoms with Crippen molar-refractivity contribution in [3.8, 4) is 0 Å². The Morgan fingerprint density at radius 1 is 1.35 bits per heavy atom. The van der Waals surface area contributed by atoms with Crippen LogP contribution in [0, 0.1) is 0 Å². The Morgan fingerprint density at radius 2 is 2.12 bits per heavy atom. The molecule has 0 saturated heterocycles. The monoisotopic (exact) mass is 235 g/mol. The highest BCUT2D eigenvalue weighted by Gasteiger charge is 2.18. The molecule has 92 valence electrons. The molecule has 2 aromatic rings. The predicted octanol–water partition coefficient (Wildman–Crippen LogP) is 1.27. The van der Waals surface area contributed by atoms with Crippen LogP contribution in [0.3, 0.4) is 0 Å². The Balaban J connectivity index is 1.95. The van der Waals surface area contributed by atoms with E-state index in [4.69, 9.17) is 9.52 Å². The van der Waals surface area contributed by atoms with E-state index in [1.807, 2.05) is 30.3 Å². The van der Waals surface area contributed by atoms with Crippen LogP contribution < -0.4 is 5.32 Å². The molecule has 1 aromatic carbocycles. The van der Waals surface area contributed by atoms with Crippen molar-refractivity contribution in [2.24, 2.45) is 0 Å². The molecule has 1 unspecified atom stereocenters. The number of fused-ring (bicyclic) bond motifs is 1. The molecule has 0 aliphatic rings. The van der Waals surface area contributed by atoms with Crippen molar-refractivity contribution in [1.82, 2.24) is 5.32 Å². The van der Waals surface area contributed by atoms with Crippen molar-refractivity contribution >= 4 is 11.0 Å². The maximum Gasteiger partial charge on any atom is 0.134 e. The third kappa shape index (κ3) is 3.06. The molecule has 0 saturated carbocycles. The topological polar surface area (TPSA) is 65.6 Å². The highest BCUT2D eigenvalue weighted by atomic mass is 16.3. The third-order valence-corrected chi connectivity index (χ3v) is 2.62. The molecule has 4 nitrogen and oxygen atoms in total. The lowest BCUT2D eigenvalue weighted by atomic mass is 10.1. The van der Waals surface area contributed by atoms with E-state index >= 15 is 0 Å². The molecule has 17 heavy (non-hydrogen) atoms. The summed E-state index contributed by atoms with van der Waals surface area (Å²) in [4.78, 5) is 0. The Hall–Kier alpha value is -1.36. The van der Waals surface area contributed by atoms with Gasteiger partial charge in [0.15, 0.2) is 0 Å². The van der Waals surface area contributed by atoms with Crippen LogP contribution in [0.4, 0.5) is 0 Å². The second-order valence-electron chi connectivity index (χ2n) is 4.51. The van der Waals surface area contributed by atoms with Crippen molar-refractivity contribution in [1.29, 1.82) is 0 Å². The van der Waals surface area contributed by atoms with Crippen LogP contribution in [-0.2, 0) is 6.54 Å². The van der Waals surface area contributed by atoms with Crippen LogP contribution in [0.2, 0.25) is 0 Å². The standard InChI is InChI=1S/C13H17NO3/c1-13(16,9-15)8-14-7-11-6-10-4-2-3-5-12(10)17-11/h2-6,14-16H,7-9H2,1H3. The Morgan fingerprint density at radius 3 is 2.82 bits per heavy atom. The van der Waals surface area contributed by atoms with E-state index in [9.17, 15) is 5.11 Å². The average Bonchev–Trinajstić information content (AvgIpc) is 2.71. The fourth-order valence-corrected chi connectivity index (χ4v) is 1.63. The number of aliphatic hydroxyl groups is 2. The van der Waals surface area contributed by atoms with Gasteiger partial charge in [-0.1, -0.05) is 18.2 Å². The van der Waals surface area contributed by atoms with Crippen molar-refractivity contribution in [3.05, 3.63) is 36.1 Å². The number of hydrogen-bond donors (Lipinski definition) is 3. The van der Waals surface area contributed by atoms with Crippen LogP contribution in [0.5, 0.6) is 0 Å². The minimum Gasteiger partial charge on any atom is -0.460 e. The molecule has 2 rings (SSSR count). The van der Waals surface area contributed by atoms with Crippen molar-refractivity contribution < 1.29 is 14.6 Å². The Labute approximate surface area is 99.9 Å². The van der Waals surface area contributed by atoms with Gasteiger partial charge in [-0.05, 0) is 19.1 Å². The smallest absolute Gasteiger partial charge is 0.134 e. The first-order valence-electron chi connectivity index (χ1n) is 5.62. The van der Waals surface area contributed by atoms with E-state index in [0.29, 0.717) is 13.1 Å². The molecule has 0 aliphatic carbocycles. The quantitative estimate of drug-likeness (QED) is 0.730. The van der Waals surface area contributed by atoms with Gasteiger partial charge >= 0.3 is 0 Å². The molecule has 0 aliphatic heterocycles. The van der Waals surface area contributed by atoms with E-state index in [1.54, 1.807) is 6.92 Å². The summed E-state index contributed by atoms with van der Waals surface area (Å²) >= 11 is 0. The zero-order valence-corrected chi connectivity index (χ0v) is 9.81. The zero-order valence-electron chi connectivity index (χ0n) is 9.81. The van der Waals surface area contributed by atoms with Crippen LogP contribution in [-0.4, -0.2) is 29.0 Å². The molecule has 0 bridgehead atoms. The normalized spacial score (nSPS) is 15.0. The molecular formula is C13H17NO3. The summed E-state index contributed by atoms with van der Waals surface area (Å²) in [6, 6.07) is 9.77. The zero-order chi connectivity index (χ0) is 12.3. The molecular weight excluding hydrogens is 218 g/mol. The average molecular weight is 235 g/mol. The van der Waals surface area contributed by atoms with Crippen LogP contribution in [0.15, 0.2) is 34.7 Å². The SMILES string of the molecule is CC(O)(CO)CNCc1cc2ccccc2o1. The number of para-hydroxylation sites is 1. The summed E-state index contributed by atoms with van der Waals surface area (Å²) in [5, 5.41) is 22.6. The summed E-state index contributed by atoms with van der Waals surface area (Å²) in [6.45, 7) is 2.17. The van der Waals surface area contributed by atoms with Crippen LogP contribution in [0.1, 0.15) is 12.7 Å². The van der Waals surface area contributed by atoms with Gasteiger partial charge < -0.3 is 19.9 Å². The van der Waals surface area contributed by atoms with E-state index in [2.05, 4.69) is 5.32 Å². The number of nitrogens with one attached hydrogen (secondary N) is 1. The molecule has 0 radical (unpaired) electrons. The first-order chi connectivity index (χ1) is 8.11. The number of benzene rings is 1. The third-order valence-electron chi connectivity index (χ3n) is 2.62. The van der Waals surface area contributed by atoms with Gasteiger partial charge in [-0.2, -0.15) is 0 Å². The van der Waals surface area contributed by atoms with E-state index in [0.717, 1.165) is 16.7 Å². The molecule has 0 spiro atoms. The highest BCUT2D eigenvalue weighted by molar-refractivity contribution is 5.77. The summed E-state index contributed by atoms with van der Waals surface area (Å²) in [7, 11) is 0. The molecule has 0 amide bonds. The second-order valence-corrected chi connectivity index (χ2v) is 4.51. The fourth-order valence-electron chi connectivity index (χ4n) is 1.63. The van der Waals surface area contributed by atoms with Crippen molar-refractivity contribution in [2.45, 2.75) is 19.1 Å². The van der Waals surface area contributed by atoms with Crippen LogP contribution >= 0.6 is 0 Å². The second kappa shape index (κ2) is 4.87. The van der Waals surface area contributed by atoms with Crippen molar-refractivity contribution in [3.63, 3.8) is 0 Å². The van der Waals surface area contributed by atoms with Crippen LogP contribution in [0.25, 0.3) is 11.0 Å². The van der Waals surface area contributed by atoms with E-state index in [-0.39, 0.29) is 6.61 Å². The number of aliphatic hydroxyl groups excluding tert-OH is 1. The molecule has 4 heteroatoms. The predicted molar refractivity (Wildman–Crippen MR) is 65.6 cm³/mol. The molecule has 1 atom stereocenters. The van der Waals surface area contributed by atoms with E-state index in [1.165, 1.54) is 0 Å². The molecule has 0 fully saturated rings. The number of furan rings is 1. The lowest BCUT2D eigenvalue weighted by Gasteiger charge is -2.20. The Kier molecular flexibility index (Phi) is 3.47. The highest BCUT2D eigenvalue weighted by Crippen LogP contribution is 2.18. The van der Waals surface area contributed by atoms with Crippen molar-refractivity contribution in [2.75, 3.05) is 13.2 Å². The minimum absolute atomic E-state index is 0.264. The molecule has 1 aromatic heterocycles. The summed E-state index contributed by atoms with van der Waals surface area (Å²) in [6.07, 6.45) is 0. The summed E-state index contributed by atoms with van der Waals surface area (Å²) < 4.78 is 5.61. The van der Waals surface area contributed by atoms with Gasteiger partial charge in [0.1, 0.15) is 11.3 Å². The van der Waals surface area contributed by atoms with Gasteiger partial charge in [0.2, 0.25) is 0 Å². The first-order valence-corrected chi connectivity index (χ1v) is 5.62. The van der Waals surface area contributed by atoms with Gasteiger partial charge in [-0.3, -0.25) is 0 Å². The maximum absolute atomic E-state index is 9.60. The summed E-state index contributed by atoms with van der Waals surface area (Å²) in [5.74, 6) is 0.819. The lowest BCUT2D eigenvalue weighted by molar-refractivity contribution is 0.00229. The van der Waals surface area contributed by atoms with Gasteiger partial charge in [-0.25, -0.2) is 0 Å². The maximum atomic E-state index is 9.60. The lowest BCUT2D eigenvalue weighted by Crippen LogP contribution is -2.40. The Bertz CT molecular complexity index is 457. The molecule has 3 N–H and O–H groups in total. The van der Waals surface area contributed by atoms with Gasteiger partial charge in [-0.15, -0.1) is 0 Å². The minimum atomic E-state index is -1.09. The fraction of sp³-hybridized carbons (Fsp3) is 0.385. The number of rotatable bonds is 5. The largest absolute Gasteiger partial charge is 0.460 e. The van der Waals surface area contributed by atoms with Gasteiger partial charge in [0.25, 0.3) is 0 Å². The number of hydrogen-bond acceptors (Lipinski definition) is 4. The first kappa shape index (κ1) is 12.1. The summed E-state index contributed by atoms with van der Waals surface area (Å²) in [5.41, 5.74) is -0.232. The molecule has 1 heterocycles. The van der Waals surface area contributed by atoms with Gasteiger partial charge in [0, 0.05) is 11.9 Å². The van der Waals surface area contributed by atoms with E-state index < -0.39 is 5.60 Å². The van der Waals surface area contributed by atoms with Gasteiger partial charge in [0.05, 0.1) is 18.8 Å².